The highest BCUT2D eigenvalue weighted by molar-refractivity contribution is 5.78. The molecule has 0 saturated heterocycles. The fraction of sp³-hybridized carbons (Fsp3) is 0.647. The van der Waals surface area contributed by atoms with Crippen LogP contribution in [0.25, 0.3) is 0 Å². The maximum Gasteiger partial charge on any atom is 0.223 e. The van der Waals surface area contributed by atoms with E-state index in [0.717, 1.165) is 37.9 Å². The molecule has 2 aliphatic rings. The number of carbonyl (C=O) groups is 1. The van der Waals surface area contributed by atoms with E-state index >= 15 is 0 Å². The Balaban J connectivity index is 1.53. The van der Waals surface area contributed by atoms with Crippen LogP contribution in [-0.4, -0.2) is 36.7 Å². The molecule has 0 unspecified atom stereocenters. The van der Waals surface area contributed by atoms with Crippen LogP contribution in [0.3, 0.4) is 0 Å². The molecule has 3 rings (SSSR count). The van der Waals surface area contributed by atoms with Gasteiger partial charge in [-0.05, 0) is 36.5 Å². The van der Waals surface area contributed by atoms with Crippen molar-refractivity contribution in [2.24, 2.45) is 11.7 Å². The summed E-state index contributed by atoms with van der Waals surface area (Å²) >= 11 is 0. The zero-order valence-corrected chi connectivity index (χ0v) is 13.7. The fourth-order valence-corrected chi connectivity index (χ4v) is 3.53. The SMILES string of the molecule is CO[C@@H]1CC[C@H](C(=O)NCc2cnc3c(c2)CNCC3)C[C@H]1N. The summed E-state index contributed by atoms with van der Waals surface area (Å²) < 4.78 is 5.34. The van der Waals surface area contributed by atoms with Crippen LogP contribution in [0.2, 0.25) is 0 Å². The van der Waals surface area contributed by atoms with Gasteiger partial charge in [-0.15, -0.1) is 0 Å². The molecule has 23 heavy (non-hydrogen) atoms. The molecule has 2 heterocycles. The highest BCUT2D eigenvalue weighted by Gasteiger charge is 2.31. The van der Waals surface area contributed by atoms with Gasteiger partial charge in [-0.2, -0.15) is 0 Å². The van der Waals surface area contributed by atoms with Crippen LogP contribution in [0.5, 0.6) is 0 Å². The van der Waals surface area contributed by atoms with Gasteiger partial charge in [-0.1, -0.05) is 0 Å². The number of amides is 1. The molecule has 1 amide bonds. The first-order valence-corrected chi connectivity index (χ1v) is 8.41. The fourth-order valence-electron chi connectivity index (χ4n) is 3.53. The van der Waals surface area contributed by atoms with Crippen LogP contribution in [0.15, 0.2) is 12.3 Å². The van der Waals surface area contributed by atoms with Gasteiger partial charge in [-0.3, -0.25) is 9.78 Å². The van der Waals surface area contributed by atoms with E-state index in [1.54, 1.807) is 7.11 Å². The number of nitrogens with zero attached hydrogens (tertiary/aromatic N) is 1. The average molecular weight is 318 g/mol. The van der Waals surface area contributed by atoms with Crippen LogP contribution >= 0.6 is 0 Å². The largest absolute Gasteiger partial charge is 0.380 e. The second kappa shape index (κ2) is 7.38. The van der Waals surface area contributed by atoms with Gasteiger partial charge in [0.2, 0.25) is 5.91 Å². The summed E-state index contributed by atoms with van der Waals surface area (Å²) in [6, 6.07) is 2.09. The summed E-state index contributed by atoms with van der Waals surface area (Å²) in [6.07, 6.45) is 5.31. The number of nitrogens with two attached hydrogens (primary N) is 1. The molecule has 1 aromatic rings. The van der Waals surface area contributed by atoms with Crippen molar-refractivity contribution in [1.29, 1.82) is 0 Å². The summed E-state index contributed by atoms with van der Waals surface area (Å²) in [6.45, 7) is 2.37. The second-order valence-corrected chi connectivity index (χ2v) is 6.54. The van der Waals surface area contributed by atoms with Crippen LogP contribution in [0.1, 0.15) is 36.1 Å². The lowest BCUT2D eigenvalue weighted by molar-refractivity contribution is -0.127. The molecule has 1 aromatic heterocycles. The molecular formula is C17H26N4O2. The van der Waals surface area contributed by atoms with Crippen molar-refractivity contribution in [3.8, 4) is 0 Å². The number of carbonyl (C=O) groups excluding carboxylic acids is 1. The Morgan fingerprint density at radius 2 is 2.39 bits per heavy atom. The van der Waals surface area contributed by atoms with E-state index in [1.807, 2.05) is 6.20 Å². The van der Waals surface area contributed by atoms with Gasteiger partial charge in [0.25, 0.3) is 0 Å². The maximum atomic E-state index is 12.4. The third-order valence-electron chi connectivity index (χ3n) is 4.94. The average Bonchev–Trinajstić information content (AvgIpc) is 2.59. The number of rotatable bonds is 4. The lowest BCUT2D eigenvalue weighted by Gasteiger charge is -2.32. The minimum Gasteiger partial charge on any atom is -0.380 e. The molecule has 3 atom stereocenters. The van der Waals surface area contributed by atoms with Gasteiger partial charge in [0.05, 0.1) is 6.10 Å². The summed E-state index contributed by atoms with van der Waals surface area (Å²) in [4.78, 5) is 16.9. The maximum absolute atomic E-state index is 12.4. The van der Waals surface area contributed by atoms with E-state index in [0.29, 0.717) is 13.0 Å². The Kier molecular flexibility index (Phi) is 5.25. The first kappa shape index (κ1) is 16.4. The molecule has 6 nitrogen and oxygen atoms in total. The van der Waals surface area contributed by atoms with Crippen molar-refractivity contribution in [1.82, 2.24) is 15.6 Å². The molecule has 1 aliphatic heterocycles. The summed E-state index contributed by atoms with van der Waals surface area (Å²) in [5.74, 6) is 0.0782. The van der Waals surface area contributed by atoms with Crippen molar-refractivity contribution in [3.05, 3.63) is 29.1 Å². The third kappa shape index (κ3) is 3.88. The topological polar surface area (TPSA) is 89.3 Å². The Bertz CT molecular complexity index is 564. The van der Waals surface area contributed by atoms with E-state index in [-0.39, 0.29) is 24.0 Å². The number of hydrogen-bond donors (Lipinski definition) is 3. The highest BCUT2D eigenvalue weighted by atomic mass is 16.5. The first-order valence-electron chi connectivity index (χ1n) is 8.41. The van der Waals surface area contributed by atoms with Crippen molar-refractivity contribution in [2.45, 2.75) is 50.9 Å². The lowest BCUT2D eigenvalue weighted by Crippen LogP contribution is -2.45. The van der Waals surface area contributed by atoms with Crippen LogP contribution < -0.4 is 16.4 Å². The van der Waals surface area contributed by atoms with Gasteiger partial charge < -0.3 is 21.1 Å². The van der Waals surface area contributed by atoms with Crippen LogP contribution in [0.4, 0.5) is 0 Å². The normalized spacial score (nSPS) is 27.3. The molecular weight excluding hydrogens is 292 g/mol. The van der Waals surface area contributed by atoms with Gasteiger partial charge in [0, 0.05) is 57.0 Å². The van der Waals surface area contributed by atoms with Gasteiger partial charge >= 0.3 is 0 Å². The highest BCUT2D eigenvalue weighted by Crippen LogP contribution is 2.25. The van der Waals surface area contributed by atoms with E-state index in [4.69, 9.17) is 10.5 Å². The van der Waals surface area contributed by atoms with Crippen molar-refractivity contribution in [3.63, 3.8) is 0 Å². The van der Waals surface area contributed by atoms with E-state index in [1.165, 1.54) is 11.3 Å². The predicted molar refractivity (Wildman–Crippen MR) is 87.6 cm³/mol. The molecule has 0 bridgehead atoms. The molecule has 126 valence electrons. The minimum absolute atomic E-state index is 0.0105. The van der Waals surface area contributed by atoms with Crippen molar-refractivity contribution < 1.29 is 9.53 Å². The summed E-state index contributed by atoms with van der Waals surface area (Å²) in [7, 11) is 1.68. The van der Waals surface area contributed by atoms with Gasteiger partial charge in [0.1, 0.15) is 0 Å². The van der Waals surface area contributed by atoms with Gasteiger partial charge in [-0.25, -0.2) is 0 Å². The zero-order chi connectivity index (χ0) is 16.2. The standard InChI is InChI=1S/C17H26N4O2/c1-23-16-3-2-12(7-14(16)18)17(22)21-9-11-6-13-10-19-5-4-15(13)20-8-11/h6,8,12,14,16,19H,2-5,7,9-10,18H2,1H3,(H,21,22)/t12-,14+,16+/m0/s1. The second-order valence-electron chi connectivity index (χ2n) is 6.54. The number of hydrogen-bond acceptors (Lipinski definition) is 5. The van der Waals surface area contributed by atoms with Gasteiger partial charge in [0.15, 0.2) is 0 Å². The molecule has 0 radical (unpaired) electrons. The minimum atomic E-state index is -0.0546. The number of nitrogens with one attached hydrogen (secondary N) is 2. The number of ether oxygens (including phenoxy) is 1. The van der Waals surface area contributed by atoms with Crippen LogP contribution in [0, 0.1) is 5.92 Å². The predicted octanol–water partition coefficient (Wildman–Crippen LogP) is 0.486. The molecule has 0 spiro atoms. The third-order valence-corrected chi connectivity index (χ3v) is 4.94. The molecule has 1 saturated carbocycles. The number of pyridine rings is 1. The smallest absolute Gasteiger partial charge is 0.223 e. The number of fused-ring (bicyclic) bond motifs is 1. The molecule has 6 heteroatoms. The Labute approximate surface area is 137 Å². The van der Waals surface area contributed by atoms with Crippen molar-refractivity contribution in [2.75, 3.05) is 13.7 Å². The lowest BCUT2D eigenvalue weighted by atomic mass is 9.83. The summed E-state index contributed by atoms with van der Waals surface area (Å²) in [5, 5.41) is 6.38. The quantitative estimate of drug-likeness (QED) is 0.752. The Hall–Kier alpha value is -1.50. The molecule has 1 aliphatic carbocycles. The monoisotopic (exact) mass is 318 g/mol. The number of aromatic nitrogens is 1. The zero-order valence-electron chi connectivity index (χ0n) is 13.7. The van der Waals surface area contributed by atoms with Crippen molar-refractivity contribution >= 4 is 5.91 Å². The Morgan fingerprint density at radius 3 is 3.17 bits per heavy atom. The summed E-state index contributed by atoms with van der Waals surface area (Å²) in [5.41, 5.74) is 9.54. The molecule has 0 aromatic carbocycles. The van der Waals surface area contributed by atoms with E-state index in [2.05, 4.69) is 21.7 Å². The molecule has 1 fully saturated rings. The van der Waals surface area contributed by atoms with Crippen LogP contribution in [-0.2, 0) is 29.0 Å². The van der Waals surface area contributed by atoms with E-state index < -0.39 is 0 Å². The number of methoxy groups -OCH3 is 1. The van der Waals surface area contributed by atoms with E-state index in [9.17, 15) is 4.79 Å². The Morgan fingerprint density at radius 1 is 1.52 bits per heavy atom. The first-order chi connectivity index (χ1) is 11.2. The molecule has 4 N–H and O–H groups in total.